The standard InChI is InChI=1S/C17H26N2O/c1-13-5-6-16(10-14(13)2)11-17(20)19-9-3-4-15(12-19)7-8-18/h5-6,10,15H,3-4,7-9,11-12,18H2,1-2H3. The molecule has 1 aliphatic heterocycles. The summed E-state index contributed by atoms with van der Waals surface area (Å²) < 4.78 is 0. The van der Waals surface area contributed by atoms with Crippen molar-refractivity contribution in [3.63, 3.8) is 0 Å². The van der Waals surface area contributed by atoms with Gasteiger partial charge in [-0.2, -0.15) is 0 Å². The first-order valence-electron chi connectivity index (χ1n) is 7.64. The van der Waals surface area contributed by atoms with Gasteiger partial charge in [-0.1, -0.05) is 18.2 Å². The number of amides is 1. The summed E-state index contributed by atoms with van der Waals surface area (Å²) in [5, 5.41) is 0. The van der Waals surface area contributed by atoms with E-state index < -0.39 is 0 Å². The Hall–Kier alpha value is -1.35. The van der Waals surface area contributed by atoms with E-state index in [9.17, 15) is 4.79 Å². The smallest absolute Gasteiger partial charge is 0.226 e. The topological polar surface area (TPSA) is 46.3 Å². The highest BCUT2D eigenvalue weighted by molar-refractivity contribution is 5.79. The quantitative estimate of drug-likeness (QED) is 0.916. The number of hydrogen-bond donors (Lipinski definition) is 1. The molecule has 0 radical (unpaired) electrons. The van der Waals surface area contributed by atoms with Gasteiger partial charge >= 0.3 is 0 Å². The van der Waals surface area contributed by atoms with Gasteiger partial charge in [-0.3, -0.25) is 4.79 Å². The average molecular weight is 274 g/mol. The van der Waals surface area contributed by atoms with Gasteiger partial charge in [0.2, 0.25) is 5.91 Å². The molecule has 1 fully saturated rings. The summed E-state index contributed by atoms with van der Waals surface area (Å²) >= 11 is 0. The fraction of sp³-hybridized carbons (Fsp3) is 0.588. The van der Waals surface area contributed by atoms with Crippen LogP contribution >= 0.6 is 0 Å². The number of nitrogens with two attached hydrogens (primary N) is 1. The number of nitrogens with zero attached hydrogens (tertiary/aromatic N) is 1. The highest BCUT2D eigenvalue weighted by Gasteiger charge is 2.23. The molecular weight excluding hydrogens is 248 g/mol. The second-order valence-corrected chi connectivity index (χ2v) is 6.02. The van der Waals surface area contributed by atoms with Gasteiger partial charge in [-0.05, 0) is 62.3 Å². The zero-order valence-electron chi connectivity index (χ0n) is 12.7. The summed E-state index contributed by atoms with van der Waals surface area (Å²) in [6.45, 7) is 6.72. The molecule has 1 saturated heterocycles. The number of piperidine rings is 1. The number of rotatable bonds is 4. The number of carbonyl (C=O) groups is 1. The van der Waals surface area contributed by atoms with E-state index in [0.29, 0.717) is 12.3 Å². The predicted octanol–water partition coefficient (Wildman–Crippen LogP) is 2.43. The van der Waals surface area contributed by atoms with Crippen molar-refractivity contribution in [2.24, 2.45) is 11.7 Å². The lowest BCUT2D eigenvalue weighted by atomic mass is 9.94. The van der Waals surface area contributed by atoms with Crippen molar-refractivity contribution < 1.29 is 4.79 Å². The van der Waals surface area contributed by atoms with Crippen molar-refractivity contribution in [1.82, 2.24) is 4.90 Å². The van der Waals surface area contributed by atoms with Crippen LogP contribution in [0.1, 0.15) is 36.0 Å². The van der Waals surface area contributed by atoms with Crippen molar-refractivity contribution in [2.45, 2.75) is 39.5 Å². The van der Waals surface area contributed by atoms with E-state index in [1.165, 1.54) is 17.5 Å². The van der Waals surface area contributed by atoms with Crippen LogP contribution in [0.4, 0.5) is 0 Å². The first-order chi connectivity index (χ1) is 9.60. The third kappa shape index (κ3) is 3.83. The molecule has 1 atom stereocenters. The zero-order chi connectivity index (χ0) is 14.5. The van der Waals surface area contributed by atoms with E-state index in [-0.39, 0.29) is 5.91 Å². The van der Waals surface area contributed by atoms with Gasteiger partial charge in [0.05, 0.1) is 6.42 Å². The molecule has 2 rings (SSSR count). The Morgan fingerprint density at radius 1 is 1.35 bits per heavy atom. The van der Waals surface area contributed by atoms with Gasteiger partial charge in [0.1, 0.15) is 0 Å². The lowest BCUT2D eigenvalue weighted by Gasteiger charge is -2.32. The Balaban J connectivity index is 1.95. The summed E-state index contributed by atoms with van der Waals surface area (Å²) in [6.07, 6.45) is 3.89. The van der Waals surface area contributed by atoms with Crippen molar-refractivity contribution in [1.29, 1.82) is 0 Å². The zero-order valence-corrected chi connectivity index (χ0v) is 12.7. The highest BCUT2D eigenvalue weighted by atomic mass is 16.2. The molecule has 1 aromatic carbocycles. The lowest BCUT2D eigenvalue weighted by molar-refractivity contribution is -0.132. The van der Waals surface area contributed by atoms with Crippen molar-refractivity contribution in [3.8, 4) is 0 Å². The third-order valence-electron chi connectivity index (χ3n) is 4.37. The average Bonchev–Trinajstić information content (AvgIpc) is 2.43. The Bertz CT molecular complexity index is 468. The van der Waals surface area contributed by atoms with Crippen LogP contribution in [0.3, 0.4) is 0 Å². The molecule has 2 N–H and O–H groups in total. The molecule has 0 saturated carbocycles. The molecule has 1 unspecified atom stereocenters. The van der Waals surface area contributed by atoms with Crippen molar-refractivity contribution in [3.05, 3.63) is 34.9 Å². The highest BCUT2D eigenvalue weighted by Crippen LogP contribution is 2.20. The minimum absolute atomic E-state index is 0.259. The Kier molecular flexibility index (Phi) is 5.18. The minimum Gasteiger partial charge on any atom is -0.342 e. The van der Waals surface area contributed by atoms with Crippen molar-refractivity contribution >= 4 is 5.91 Å². The molecule has 1 aliphatic rings. The SMILES string of the molecule is Cc1ccc(CC(=O)N2CCCC(CCN)C2)cc1C. The van der Waals surface area contributed by atoms with Gasteiger partial charge < -0.3 is 10.6 Å². The van der Waals surface area contributed by atoms with E-state index in [2.05, 4.69) is 32.0 Å². The van der Waals surface area contributed by atoms with Crippen LogP contribution in [-0.2, 0) is 11.2 Å². The molecule has 3 heteroatoms. The van der Waals surface area contributed by atoms with E-state index in [1.54, 1.807) is 0 Å². The summed E-state index contributed by atoms with van der Waals surface area (Å²) in [4.78, 5) is 14.4. The van der Waals surface area contributed by atoms with E-state index in [0.717, 1.165) is 38.0 Å². The molecule has 0 spiro atoms. The maximum absolute atomic E-state index is 12.4. The monoisotopic (exact) mass is 274 g/mol. The normalized spacial score (nSPS) is 19.1. The van der Waals surface area contributed by atoms with E-state index >= 15 is 0 Å². The largest absolute Gasteiger partial charge is 0.342 e. The minimum atomic E-state index is 0.259. The number of likely N-dealkylation sites (tertiary alicyclic amines) is 1. The molecule has 3 nitrogen and oxygen atoms in total. The van der Waals surface area contributed by atoms with Crippen LogP contribution in [0.15, 0.2) is 18.2 Å². The first kappa shape index (κ1) is 15.0. The fourth-order valence-electron chi connectivity index (χ4n) is 2.96. The molecule has 1 heterocycles. The van der Waals surface area contributed by atoms with E-state index in [1.807, 2.05) is 4.90 Å². The van der Waals surface area contributed by atoms with Crippen LogP contribution in [0.5, 0.6) is 0 Å². The van der Waals surface area contributed by atoms with Crippen LogP contribution in [0, 0.1) is 19.8 Å². The molecule has 0 aliphatic carbocycles. The predicted molar refractivity (Wildman–Crippen MR) is 82.6 cm³/mol. The van der Waals surface area contributed by atoms with Gasteiger partial charge in [-0.15, -0.1) is 0 Å². The Labute approximate surface area is 122 Å². The summed E-state index contributed by atoms with van der Waals surface area (Å²) in [5.41, 5.74) is 9.29. The van der Waals surface area contributed by atoms with Crippen molar-refractivity contribution in [2.75, 3.05) is 19.6 Å². The van der Waals surface area contributed by atoms with Gasteiger partial charge in [0, 0.05) is 13.1 Å². The lowest BCUT2D eigenvalue weighted by Crippen LogP contribution is -2.41. The molecule has 0 aromatic heterocycles. The molecule has 1 aromatic rings. The van der Waals surface area contributed by atoms with Crippen LogP contribution in [-0.4, -0.2) is 30.4 Å². The number of hydrogen-bond acceptors (Lipinski definition) is 2. The third-order valence-corrected chi connectivity index (χ3v) is 4.37. The van der Waals surface area contributed by atoms with Gasteiger partial charge in [0.25, 0.3) is 0 Å². The second-order valence-electron chi connectivity index (χ2n) is 6.02. The maximum atomic E-state index is 12.4. The first-order valence-corrected chi connectivity index (χ1v) is 7.64. The molecule has 0 bridgehead atoms. The molecular formula is C17H26N2O. The van der Waals surface area contributed by atoms with E-state index in [4.69, 9.17) is 5.73 Å². The summed E-state index contributed by atoms with van der Waals surface area (Å²) in [6, 6.07) is 6.31. The maximum Gasteiger partial charge on any atom is 0.226 e. The fourth-order valence-corrected chi connectivity index (χ4v) is 2.96. The van der Waals surface area contributed by atoms with Crippen LogP contribution < -0.4 is 5.73 Å². The molecule has 20 heavy (non-hydrogen) atoms. The Morgan fingerprint density at radius 2 is 2.15 bits per heavy atom. The number of carbonyl (C=O) groups excluding carboxylic acids is 1. The summed E-state index contributed by atoms with van der Waals surface area (Å²) in [5.74, 6) is 0.854. The number of aryl methyl sites for hydroxylation is 2. The van der Waals surface area contributed by atoms with Gasteiger partial charge in [-0.25, -0.2) is 0 Å². The molecule has 1 amide bonds. The van der Waals surface area contributed by atoms with Crippen LogP contribution in [0.2, 0.25) is 0 Å². The van der Waals surface area contributed by atoms with Crippen LogP contribution in [0.25, 0.3) is 0 Å². The Morgan fingerprint density at radius 3 is 2.85 bits per heavy atom. The van der Waals surface area contributed by atoms with Gasteiger partial charge in [0.15, 0.2) is 0 Å². The second kappa shape index (κ2) is 6.89. The number of benzene rings is 1. The molecule has 110 valence electrons. The summed E-state index contributed by atoms with van der Waals surface area (Å²) in [7, 11) is 0.